The molecule has 1 heterocycles. The van der Waals surface area contributed by atoms with Crippen LogP contribution in [-0.2, 0) is 10.3 Å². The maximum atomic E-state index is 12.6. The number of rotatable bonds is 5. The molecule has 0 aliphatic carbocycles. The van der Waals surface area contributed by atoms with E-state index in [0.29, 0.717) is 29.7 Å². The molecule has 0 radical (unpaired) electrons. The lowest BCUT2D eigenvalue weighted by molar-refractivity contribution is -0.129. The number of fused-ring (bicyclic) bond motifs is 1. The Kier molecular flexibility index (Phi) is 5.28. The molecule has 0 saturated heterocycles. The van der Waals surface area contributed by atoms with Gasteiger partial charge in [-0.1, -0.05) is 23.7 Å². The predicted molar refractivity (Wildman–Crippen MR) is 100 cm³/mol. The maximum Gasteiger partial charge on any atom is 0.261 e. The molecule has 1 aliphatic heterocycles. The first-order chi connectivity index (χ1) is 12.3. The molecule has 0 bridgehead atoms. The smallest absolute Gasteiger partial charge is 0.261 e. The summed E-state index contributed by atoms with van der Waals surface area (Å²) >= 11 is 5.95. The van der Waals surface area contributed by atoms with Crippen molar-refractivity contribution in [3.8, 4) is 17.2 Å². The van der Waals surface area contributed by atoms with E-state index < -0.39 is 11.6 Å². The van der Waals surface area contributed by atoms with Gasteiger partial charge >= 0.3 is 0 Å². The fraction of sp³-hybridized carbons (Fsp3) is 0.350. The van der Waals surface area contributed by atoms with Gasteiger partial charge in [0, 0.05) is 5.02 Å². The van der Waals surface area contributed by atoms with Gasteiger partial charge in [0.15, 0.2) is 17.6 Å². The van der Waals surface area contributed by atoms with Crippen LogP contribution in [0.25, 0.3) is 0 Å². The topological polar surface area (TPSA) is 56.8 Å². The van der Waals surface area contributed by atoms with Gasteiger partial charge in [0.25, 0.3) is 5.91 Å². The van der Waals surface area contributed by atoms with Crippen LogP contribution in [0.4, 0.5) is 0 Å². The summed E-state index contributed by atoms with van der Waals surface area (Å²) in [5.41, 5.74) is 0.323. The van der Waals surface area contributed by atoms with Gasteiger partial charge in [0.2, 0.25) is 0 Å². The molecule has 0 saturated carbocycles. The zero-order valence-electron chi connectivity index (χ0n) is 15.0. The van der Waals surface area contributed by atoms with Crippen LogP contribution in [0, 0.1) is 0 Å². The second kappa shape index (κ2) is 7.46. The zero-order valence-corrected chi connectivity index (χ0v) is 15.8. The largest absolute Gasteiger partial charge is 0.486 e. The van der Waals surface area contributed by atoms with Crippen molar-refractivity contribution in [2.45, 2.75) is 32.4 Å². The number of amides is 1. The zero-order chi connectivity index (χ0) is 18.7. The minimum Gasteiger partial charge on any atom is -0.486 e. The van der Waals surface area contributed by atoms with Crippen molar-refractivity contribution in [2.24, 2.45) is 0 Å². The van der Waals surface area contributed by atoms with Crippen LogP contribution in [0.1, 0.15) is 26.3 Å². The van der Waals surface area contributed by atoms with Gasteiger partial charge in [0.1, 0.15) is 19.0 Å². The summed E-state index contributed by atoms with van der Waals surface area (Å²) in [5.74, 6) is 1.75. The summed E-state index contributed by atoms with van der Waals surface area (Å²) in [4.78, 5) is 12.6. The molecular weight excluding hydrogens is 354 g/mol. The molecular formula is C20H22ClNO4. The summed E-state index contributed by atoms with van der Waals surface area (Å²) in [6.07, 6.45) is -0.662. The maximum absolute atomic E-state index is 12.6. The van der Waals surface area contributed by atoms with Crippen LogP contribution in [0.5, 0.6) is 17.2 Å². The predicted octanol–water partition coefficient (Wildman–Crippen LogP) is 3.93. The number of ether oxygens (including phenoxy) is 3. The highest BCUT2D eigenvalue weighted by molar-refractivity contribution is 6.30. The molecule has 6 heteroatoms. The molecule has 1 N–H and O–H groups in total. The highest BCUT2D eigenvalue weighted by atomic mass is 35.5. The summed E-state index contributed by atoms with van der Waals surface area (Å²) < 4.78 is 16.9. The number of hydrogen-bond donors (Lipinski definition) is 1. The van der Waals surface area contributed by atoms with E-state index in [1.165, 1.54) is 0 Å². The normalized spacial score (nSPS) is 14.5. The Balaban J connectivity index is 1.69. The number of carbonyl (C=O) groups is 1. The Hall–Kier alpha value is -2.40. The lowest BCUT2D eigenvalue weighted by atomic mass is 9.93. The van der Waals surface area contributed by atoms with Crippen molar-refractivity contribution in [1.82, 2.24) is 5.32 Å². The highest BCUT2D eigenvalue weighted by Crippen LogP contribution is 2.34. The highest BCUT2D eigenvalue weighted by Gasteiger charge is 2.28. The number of benzene rings is 2. The summed E-state index contributed by atoms with van der Waals surface area (Å²) in [7, 11) is 0. The first kappa shape index (κ1) is 18.4. The van der Waals surface area contributed by atoms with E-state index in [4.69, 9.17) is 25.8 Å². The molecule has 0 aromatic heterocycles. The molecule has 5 nitrogen and oxygen atoms in total. The summed E-state index contributed by atoms with van der Waals surface area (Å²) in [5, 5.41) is 3.58. The number of carbonyl (C=O) groups excluding carboxylic acids is 1. The van der Waals surface area contributed by atoms with Gasteiger partial charge in [-0.3, -0.25) is 4.79 Å². The van der Waals surface area contributed by atoms with E-state index in [2.05, 4.69) is 5.32 Å². The minimum absolute atomic E-state index is 0.218. The quantitative estimate of drug-likeness (QED) is 0.860. The Morgan fingerprint density at radius 2 is 1.88 bits per heavy atom. The van der Waals surface area contributed by atoms with E-state index in [1.54, 1.807) is 31.2 Å². The molecule has 26 heavy (non-hydrogen) atoms. The van der Waals surface area contributed by atoms with Crippen LogP contribution in [0.15, 0.2) is 42.5 Å². The molecule has 3 rings (SSSR count). The lowest BCUT2D eigenvalue weighted by Gasteiger charge is -2.30. The van der Waals surface area contributed by atoms with Gasteiger partial charge in [-0.2, -0.15) is 0 Å². The van der Waals surface area contributed by atoms with Crippen LogP contribution >= 0.6 is 11.6 Å². The van der Waals surface area contributed by atoms with E-state index in [-0.39, 0.29) is 5.91 Å². The Labute approximate surface area is 158 Å². The molecule has 1 amide bonds. The molecule has 2 aromatic carbocycles. The molecule has 138 valence electrons. The van der Waals surface area contributed by atoms with Crippen LogP contribution in [0.2, 0.25) is 5.02 Å². The van der Waals surface area contributed by atoms with Gasteiger partial charge in [-0.25, -0.2) is 0 Å². The molecule has 0 spiro atoms. The number of hydrogen-bond acceptors (Lipinski definition) is 4. The molecule has 1 unspecified atom stereocenters. The second-order valence-electron chi connectivity index (χ2n) is 6.69. The minimum atomic E-state index is -0.662. The third-order valence-electron chi connectivity index (χ3n) is 4.18. The Bertz CT molecular complexity index is 806. The molecule has 1 atom stereocenters. The average molecular weight is 376 g/mol. The second-order valence-corrected chi connectivity index (χ2v) is 7.13. The first-order valence-corrected chi connectivity index (χ1v) is 8.87. The Morgan fingerprint density at radius 1 is 1.15 bits per heavy atom. The summed E-state index contributed by atoms with van der Waals surface area (Å²) in [6, 6.07) is 12.7. The molecule has 1 aliphatic rings. The summed E-state index contributed by atoms with van der Waals surface area (Å²) in [6.45, 7) is 6.64. The van der Waals surface area contributed by atoms with Gasteiger partial charge in [-0.05, 0) is 56.7 Å². The van der Waals surface area contributed by atoms with E-state index in [9.17, 15) is 4.79 Å². The average Bonchev–Trinajstić information content (AvgIpc) is 2.61. The fourth-order valence-electron chi connectivity index (χ4n) is 2.71. The fourth-order valence-corrected chi connectivity index (χ4v) is 2.89. The lowest BCUT2D eigenvalue weighted by Crippen LogP contribution is -2.46. The van der Waals surface area contributed by atoms with Crippen LogP contribution < -0.4 is 19.5 Å². The van der Waals surface area contributed by atoms with Crippen molar-refractivity contribution < 1.29 is 19.0 Å². The van der Waals surface area contributed by atoms with E-state index in [1.807, 2.05) is 32.0 Å². The van der Waals surface area contributed by atoms with E-state index in [0.717, 1.165) is 11.3 Å². The SMILES string of the molecule is CC(Oc1cccc(Cl)c1)C(=O)NC(C)(C)c1ccc2c(c1)OCCO2. The van der Waals surface area contributed by atoms with E-state index >= 15 is 0 Å². The number of nitrogens with one attached hydrogen (secondary N) is 1. The van der Waals surface area contributed by atoms with Gasteiger partial charge < -0.3 is 19.5 Å². The van der Waals surface area contributed by atoms with Crippen molar-refractivity contribution in [2.75, 3.05) is 13.2 Å². The molecule has 2 aromatic rings. The number of halogens is 1. The third-order valence-corrected chi connectivity index (χ3v) is 4.41. The van der Waals surface area contributed by atoms with Crippen molar-refractivity contribution >= 4 is 17.5 Å². The van der Waals surface area contributed by atoms with Crippen LogP contribution in [0.3, 0.4) is 0 Å². The monoisotopic (exact) mass is 375 g/mol. The van der Waals surface area contributed by atoms with Crippen molar-refractivity contribution in [3.63, 3.8) is 0 Å². The Morgan fingerprint density at radius 3 is 2.62 bits per heavy atom. The first-order valence-electron chi connectivity index (χ1n) is 8.49. The van der Waals surface area contributed by atoms with Crippen molar-refractivity contribution in [3.05, 3.63) is 53.1 Å². The van der Waals surface area contributed by atoms with Gasteiger partial charge in [0.05, 0.1) is 5.54 Å². The van der Waals surface area contributed by atoms with Crippen LogP contribution in [-0.4, -0.2) is 25.2 Å². The standard InChI is InChI=1S/C20H22ClNO4/c1-13(26-16-6-4-5-15(21)12-16)19(23)22-20(2,3)14-7-8-17-18(11-14)25-10-9-24-17/h4-8,11-13H,9-10H2,1-3H3,(H,22,23). The van der Waals surface area contributed by atoms with Gasteiger partial charge in [-0.15, -0.1) is 0 Å². The third kappa shape index (κ3) is 4.22. The molecule has 0 fully saturated rings. The van der Waals surface area contributed by atoms with Crippen molar-refractivity contribution in [1.29, 1.82) is 0 Å².